The fourth-order valence-electron chi connectivity index (χ4n) is 1.74. The fraction of sp³-hybridized carbons (Fsp3) is 0.143. The SMILES string of the molecule is COc1ccccc1CNc1c(F)cc(F)cc1F. The second-order valence-electron chi connectivity index (χ2n) is 3.91. The molecule has 0 amide bonds. The second kappa shape index (κ2) is 5.65. The summed E-state index contributed by atoms with van der Waals surface area (Å²) in [6.45, 7) is 0.170. The van der Waals surface area contributed by atoms with Crippen LogP contribution >= 0.6 is 0 Å². The molecule has 5 heteroatoms. The molecule has 2 nitrogen and oxygen atoms in total. The van der Waals surface area contributed by atoms with Crippen molar-refractivity contribution in [2.45, 2.75) is 6.54 Å². The largest absolute Gasteiger partial charge is 0.496 e. The monoisotopic (exact) mass is 267 g/mol. The molecule has 100 valence electrons. The maximum atomic E-state index is 13.4. The summed E-state index contributed by atoms with van der Waals surface area (Å²) in [5, 5.41) is 2.60. The van der Waals surface area contributed by atoms with E-state index in [1.165, 1.54) is 7.11 Å². The van der Waals surface area contributed by atoms with E-state index in [1.807, 2.05) is 0 Å². The highest BCUT2D eigenvalue weighted by molar-refractivity contribution is 5.48. The zero-order chi connectivity index (χ0) is 13.8. The highest BCUT2D eigenvalue weighted by Crippen LogP contribution is 2.23. The summed E-state index contributed by atoms with van der Waals surface area (Å²) in [4.78, 5) is 0. The molecule has 0 aliphatic carbocycles. The van der Waals surface area contributed by atoms with Gasteiger partial charge in [-0.1, -0.05) is 18.2 Å². The molecule has 0 saturated heterocycles. The predicted octanol–water partition coefficient (Wildman–Crippen LogP) is 3.72. The first kappa shape index (κ1) is 13.3. The van der Waals surface area contributed by atoms with Gasteiger partial charge in [0, 0.05) is 24.2 Å². The minimum Gasteiger partial charge on any atom is -0.496 e. The molecular formula is C14H12F3NO. The molecule has 0 atom stereocenters. The summed E-state index contributed by atoms with van der Waals surface area (Å²) in [5.74, 6) is -2.27. The number of hydrogen-bond acceptors (Lipinski definition) is 2. The lowest BCUT2D eigenvalue weighted by atomic mass is 10.2. The van der Waals surface area contributed by atoms with Crippen molar-refractivity contribution < 1.29 is 17.9 Å². The quantitative estimate of drug-likeness (QED) is 0.911. The second-order valence-corrected chi connectivity index (χ2v) is 3.91. The molecule has 0 heterocycles. The van der Waals surface area contributed by atoms with Crippen molar-refractivity contribution in [1.29, 1.82) is 0 Å². The topological polar surface area (TPSA) is 21.3 Å². The first-order chi connectivity index (χ1) is 9.11. The van der Waals surface area contributed by atoms with E-state index in [0.29, 0.717) is 17.9 Å². The standard InChI is InChI=1S/C14H12F3NO/c1-19-13-5-3-2-4-9(13)8-18-14-11(16)6-10(15)7-12(14)17/h2-7,18H,8H2,1H3. The molecule has 2 rings (SSSR count). The molecule has 2 aromatic carbocycles. The van der Waals surface area contributed by atoms with Crippen molar-refractivity contribution >= 4 is 5.69 Å². The lowest BCUT2D eigenvalue weighted by molar-refractivity contribution is 0.410. The van der Waals surface area contributed by atoms with Gasteiger partial charge < -0.3 is 10.1 Å². The van der Waals surface area contributed by atoms with Gasteiger partial charge in [0.15, 0.2) is 11.6 Å². The van der Waals surface area contributed by atoms with Gasteiger partial charge in [-0.25, -0.2) is 13.2 Å². The first-order valence-electron chi connectivity index (χ1n) is 5.62. The van der Waals surface area contributed by atoms with E-state index in [9.17, 15) is 13.2 Å². The van der Waals surface area contributed by atoms with Gasteiger partial charge in [0.05, 0.1) is 7.11 Å². The van der Waals surface area contributed by atoms with Crippen LogP contribution in [0.1, 0.15) is 5.56 Å². The number of benzene rings is 2. The average Bonchev–Trinajstić information content (AvgIpc) is 2.38. The summed E-state index contributed by atoms with van der Waals surface area (Å²) in [7, 11) is 1.51. The van der Waals surface area contributed by atoms with Crippen molar-refractivity contribution in [2.75, 3.05) is 12.4 Å². The molecule has 2 aromatic rings. The first-order valence-corrected chi connectivity index (χ1v) is 5.62. The molecule has 0 radical (unpaired) electrons. The third-order valence-electron chi connectivity index (χ3n) is 2.66. The van der Waals surface area contributed by atoms with Crippen LogP contribution in [0.3, 0.4) is 0 Å². The number of rotatable bonds is 4. The lowest BCUT2D eigenvalue weighted by Crippen LogP contribution is -2.05. The molecule has 0 bridgehead atoms. The van der Waals surface area contributed by atoms with Gasteiger partial charge in [-0.2, -0.15) is 0 Å². The number of hydrogen-bond donors (Lipinski definition) is 1. The van der Waals surface area contributed by atoms with Crippen molar-refractivity contribution in [1.82, 2.24) is 0 Å². The van der Waals surface area contributed by atoms with Gasteiger partial charge in [-0.15, -0.1) is 0 Å². The molecule has 0 aliphatic rings. The number of para-hydroxylation sites is 1. The number of methoxy groups -OCH3 is 1. The highest BCUT2D eigenvalue weighted by atomic mass is 19.1. The average molecular weight is 267 g/mol. The molecule has 0 unspecified atom stereocenters. The van der Waals surface area contributed by atoms with Crippen LogP contribution in [-0.2, 0) is 6.54 Å². The molecule has 0 fully saturated rings. The Morgan fingerprint density at radius 1 is 1.05 bits per heavy atom. The minimum absolute atomic E-state index is 0.170. The third-order valence-corrected chi connectivity index (χ3v) is 2.66. The van der Waals surface area contributed by atoms with Crippen LogP contribution in [0.5, 0.6) is 5.75 Å². The predicted molar refractivity (Wildman–Crippen MR) is 66.6 cm³/mol. The van der Waals surface area contributed by atoms with Crippen LogP contribution in [-0.4, -0.2) is 7.11 Å². The van der Waals surface area contributed by atoms with Gasteiger partial charge in [0.25, 0.3) is 0 Å². The Morgan fingerprint density at radius 3 is 2.32 bits per heavy atom. The van der Waals surface area contributed by atoms with Crippen LogP contribution in [0.25, 0.3) is 0 Å². The van der Waals surface area contributed by atoms with Crippen molar-refractivity contribution in [3.05, 3.63) is 59.4 Å². The van der Waals surface area contributed by atoms with Crippen LogP contribution in [0.4, 0.5) is 18.9 Å². The van der Waals surface area contributed by atoms with Crippen molar-refractivity contribution in [3.8, 4) is 5.75 Å². The van der Waals surface area contributed by atoms with Gasteiger partial charge in [0.1, 0.15) is 17.3 Å². The Morgan fingerprint density at radius 2 is 1.68 bits per heavy atom. The molecular weight excluding hydrogens is 255 g/mol. The molecule has 1 N–H and O–H groups in total. The Labute approximate surface area is 108 Å². The van der Waals surface area contributed by atoms with E-state index in [0.717, 1.165) is 5.56 Å². The van der Waals surface area contributed by atoms with E-state index in [1.54, 1.807) is 24.3 Å². The zero-order valence-corrected chi connectivity index (χ0v) is 10.2. The smallest absolute Gasteiger partial charge is 0.152 e. The summed E-state index contributed by atoms with van der Waals surface area (Å²) in [5.41, 5.74) is 0.389. The number of anilines is 1. The molecule has 0 saturated carbocycles. The molecule has 0 spiro atoms. The van der Waals surface area contributed by atoms with Crippen LogP contribution in [0.2, 0.25) is 0 Å². The van der Waals surface area contributed by atoms with E-state index in [-0.39, 0.29) is 12.2 Å². The highest BCUT2D eigenvalue weighted by Gasteiger charge is 2.11. The maximum absolute atomic E-state index is 13.4. The number of halogens is 3. The Bertz CT molecular complexity index is 564. The van der Waals surface area contributed by atoms with E-state index in [2.05, 4.69) is 5.32 Å². The maximum Gasteiger partial charge on any atom is 0.152 e. The van der Waals surface area contributed by atoms with E-state index >= 15 is 0 Å². The van der Waals surface area contributed by atoms with Gasteiger partial charge >= 0.3 is 0 Å². The molecule has 19 heavy (non-hydrogen) atoms. The van der Waals surface area contributed by atoms with Gasteiger partial charge in [-0.05, 0) is 6.07 Å². The van der Waals surface area contributed by atoms with Crippen LogP contribution in [0.15, 0.2) is 36.4 Å². The third kappa shape index (κ3) is 2.99. The summed E-state index contributed by atoms with van der Waals surface area (Å²) < 4.78 is 44.7. The Hall–Kier alpha value is -2.17. The zero-order valence-electron chi connectivity index (χ0n) is 10.2. The molecule has 0 aliphatic heterocycles. The Kier molecular flexibility index (Phi) is 3.94. The summed E-state index contributed by atoms with van der Waals surface area (Å²) in [6.07, 6.45) is 0. The number of ether oxygens (including phenoxy) is 1. The fourth-order valence-corrected chi connectivity index (χ4v) is 1.74. The van der Waals surface area contributed by atoms with Gasteiger partial charge in [-0.3, -0.25) is 0 Å². The van der Waals surface area contributed by atoms with Gasteiger partial charge in [0.2, 0.25) is 0 Å². The number of nitrogens with one attached hydrogen (secondary N) is 1. The summed E-state index contributed by atoms with van der Waals surface area (Å²) >= 11 is 0. The molecule has 0 aromatic heterocycles. The van der Waals surface area contributed by atoms with Crippen LogP contribution < -0.4 is 10.1 Å². The van der Waals surface area contributed by atoms with E-state index < -0.39 is 17.5 Å². The normalized spacial score (nSPS) is 10.3. The summed E-state index contributed by atoms with van der Waals surface area (Å²) in [6, 6.07) is 8.36. The Balaban J connectivity index is 2.19. The van der Waals surface area contributed by atoms with E-state index in [4.69, 9.17) is 4.74 Å². The van der Waals surface area contributed by atoms with Crippen LogP contribution in [0, 0.1) is 17.5 Å². The van der Waals surface area contributed by atoms with Crippen molar-refractivity contribution in [2.24, 2.45) is 0 Å². The van der Waals surface area contributed by atoms with Crippen molar-refractivity contribution in [3.63, 3.8) is 0 Å². The minimum atomic E-state index is -0.965. The lowest BCUT2D eigenvalue weighted by Gasteiger charge is -2.11.